The standard InChI is InChI=1S/C28H44ClFN4/c1-3-4-5-8-17-34-23(2)19-26-14-13-25(20-28(26)30)11-7-6-10-24(12-9-16-31)15-18-33-22-27(29)21-32/h3,13-14,20-22,24,34H,1-2,4-12,15-19,31-32H2/b27-21+,33-22-. The number of hydrogen-bond donors (Lipinski definition) is 3. The Hall–Kier alpha value is -2.11. The van der Waals surface area contributed by atoms with Crippen LogP contribution in [-0.4, -0.2) is 25.8 Å². The van der Waals surface area contributed by atoms with Crippen LogP contribution in [0.5, 0.6) is 0 Å². The third-order valence-corrected chi connectivity index (χ3v) is 6.14. The molecule has 6 heteroatoms. The molecule has 1 aromatic rings. The summed E-state index contributed by atoms with van der Waals surface area (Å²) in [6.07, 6.45) is 15.9. The van der Waals surface area contributed by atoms with Gasteiger partial charge in [0.2, 0.25) is 0 Å². The summed E-state index contributed by atoms with van der Waals surface area (Å²) >= 11 is 5.84. The highest BCUT2D eigenvalue weighted by molar-refractivity contribution is 6.39. The number of benzene rings is 1. The van der Waals surface area contributed by atoms with Crippen molar-refractivity contribution in [2.24, 2.45) is 22.4 Å². The van der Waals surface area contributed by atoms with E-state index in [2.05, 4.69) is 23.5 Å². The molecule has 0 radical (unpaired) electrons. The van der Waals surface area contributed by atoms with Crippen molar-refractivity contribution in [3.8, 4) is 0 Å². The van der Waals surface area contributed by atoms with Crippen molar-refractivity contribution < 1.29 is 4.39 Å². The second-order valence-corrected chi connectivity index (χ2v) is 9.27. The van der Waals surface area contributed by atoms with Gasteiger partial charge in [0.25, 0.3) is 0 Å². The van der Waals surface area contributed by atoms with E-state index in [1.165, 1.54) is 6.20 Å². The maximum absolute atomic E-state index is 14.6. The second kappa shape index (κ2) is 19.2. The Morgan fingerprint density at radius 2 is 1.94 bits per heavy atom. The zero-order chi connectivity index (χ0) is 25.0. The lowest BCUT2D eigenvalue weighted by Crippen LogP contribution is -2.16. The first-order valence-electron chi connectivity index (χ1n) is 12.6. The Morgan fingerprint density at radius 1 is 1.15 bits per heavy atom. The summed E-state index contributed by atoms with van der Waals surface area (Å²) in [6, 6.07) is 5.63. The molecule has 5 N–H and O–H groups in total. The molecule has 0 heterocycles. The zero-order valence-electron chi connectivity index (χ0n) is 20.7. The average Bonchev–Trinajstić information content (AvgIpc) is 2.83. The molecule has 34 heavy (non-hydrogen) atoms. The van der Waals surface area contributed by atoms with Crippen LogP contribution in [0.25, 0.3) is 0 Å². The molecule has 0 aliphatic rings. The topological polar surface area (TPSA) is 76.4 Å². The minimum Gasteiger partial charge on any atom is -0.403 e. The fourth-order valence-electron chi connectivity index (χ4n) is 3.91. The third-order valence-electron chi connectivity index (χ3n) is 5.92. The van der Waals surface area contributed by atoms with E-state index in [0.717, 1.165) is 88.6 Å². The van der Waals surface area contributed by atoms with Gasteiger partial charge in [-0.25, -0.2) is 4.39 Å². The molecule has 0 saturated heterocycles. The van der Waals surface area contributed by atoms with Gasteiger partial charge in [0.15, 0.2) is 0 Å². The molecule has 4 nitrogen and oxygen atoms in total. The first kappa shape index (κ1) is 29.9. The van der Waals surface area contributed by atoms with E-state index in [4.69, 9.17) is 23.1 Å². The predicted octanol–water partition coefficient (Wildman–Crippen LogP) is 6.40. The second-order valence-electron chi connectivity index (χ2n) is 8.84. The van der Waals surface area contributed by atoms with Crippen LogP contribution >= 0.6 is 11.6 Å². The highest BCUT2D eigenvalue weighted by atomic mass is 35.5. The maximum atomic E-state index is 14.6. The van der Waals surface area contributed by atoms with E-state index in [1.807, 2.05) is 18.2 Å². The Balaban J connectivity index is 2.39. The van der Waals surface area contributed by atoms with Crippen molar-refractivity contribution in [1.29, 1.82) is 0 Å². The Kier molecular flexibility index (Phi) is 16.9. The summed E-state index contributed by atoms with van der Waals surface area (Å²) in [7, 11) is 0. The van der Waals surface area contributed by atoms with Crippen molar-refractivity contribution in [3.63, 3.8) is 0 Å². The van der Waals surface area contributed by atoms with Crippen LogP contribution in [0.15, 0.2) is 59.4 Å². The summed E-state index contributed by atoms with van der Waals surface area (Å²) in [6.45, 7) is 10.1. The number of halogens is 2. The van der Waals surface area contributed by atoms with Crippen LogP contribution < -0.4 is 16.8 Å². The van der Waals surface area contributed by atoms with E-state index >= 15 is 0 Å². The van der Waals surface area contributed by atoms with Gasteiger partial charge in [-0.1, -0.05) is 49.2 Å². The van der Waals surface area contributed by atoms with E-state index in [0.29, 0.717) is 29.5 Å². The maximum Gasteiger partial charge on any atom is 0.127 e. The molecule has 0 saturated carbocycles. The minimum atomic E-state index is -0.143. The highest BCUT2D eigenvalue weighted by Crippen LogP contribution is 2.21. The summed E-state index contributed by atoms with van der Waals surface area (Å²) in [4.78, 5) is 4.34. The number of nitrogens with one attached hydrogen (secondary N) is 1. The van der Waals surface area contributed by atoms with E-state index in [1.54, 1.807) is 12.3 Å². The van der Waals surface area contributed by atoms with Crippen molar-refractivity contribution in [2.45, 2.75) is 70.6 Å². The molecule has 0 amide bonds. The zero-order valence-corrected chi connectivity index (χ0v) is 21.5. The molecule has 1 unspecified atom stereocenters. The molecular formula is C28H44ClFN4. The smallest absolute Gasteiger partial charge is 0.127 e. The Bertz CT molecular complexity index is 776. The van der Waals surface area contributed by atoms with Crippen LogP contribution in [0.2, 0.25) is 0 Å². The SMILES string of the molecule is C=CCCCCNC(=C)Cc1ccc(CCCCC(CCCN)CC/N=C\C(Cl)=C/N)cc1F. The number of allylic oxidation sites excluding steroid dienone is 3. The molecule has 0 bridgehead atoms. The number of hydrogen-bond acceptors (Lipinski definition) is 4. The third kappa shape index (κ3) is 14.2. The number of rotatable bonds is 20. The molecule has 1 atom stereocenters. The van der Waals surface area contributed by atoms with Gasteiger partial charge < -0.3 is 16.8 Å². The molecule has 190 valence electrons. The van der Waals surface area contributed by atoms with Gasteiger partial charge in [0, 0.05) is 37.6 Å². The first-order valence-corrected chi connectivity index (χ1v) is 12.9. The van der Waals surface area contributed by atoms with Gasteiger partial charge in [0.1, 0.15) is 5.82 Å². The molecular weight excluding hydrogens is 447 g/mol. The van der Waals surface area contributed by atoms with Crippen molar-refractivity contribution in [2.75, 3.05) is 19.6 Å². The van der Waals surface area contributed by atoms with Crippen LogP contribution in [0.3, 0.4) is 0 Å². The van der Waals surface area contributed by atoms with Gasteiger partial charge in [0.05, 0.1) is 5.03 Å². The monoisotopic (exact) mass is 490 g/mol. The highest BCUT2D eigenvalue weighted by Gasteiger charge is 2.09. The van der Waals surface area contributed by atoms with E-state index in [-0.39, 0.29) is 5.82 Å². The van der Waals surface area contributed by atoms with Gasteiger partial charge in [-0.05, 0) is 81.0 Å². The predicted molar refractivity (Wildman–Crippen MR) is 147 cm³/mol. The van der Waals surface area contributed by atoms with Crippen molar-refractivity contribution in [1.82, 2.24) is 5.32 Å². The van der Waals surface area contributed by atoms with Crippen molar-refractivity contribution in [3.05, 3.63) is 71.3 Å². The number of aliphatic imine (C=N–C) groups is 1. The van der Waals surface area contributed by atoms with Crippen LogP contribution in [0.1, 0.15) is 68.9 Å². The molecule has 1 aromatic carbocycles. The molecule has 0 fully saturated rings. The lowest BCUT2D eigenvalue weighted by Gasteiger charge is -2.15. The summed E-state index contributed by atoms with van der Waals surface area (Å²) in [5.74, 6) is 0.451. The number of aryl methyl sites for hydroxylation is 1. The number of nitrogens with zero attached hydrogens (tertiary/aromatic N) is 1. The van der Waals surface area contributed by atoms with Crippen LogP contribution in [0.4, 0.5) is 4.39 Å². The summed E-state index contributed by atoms with van der Waals surface area (Å²) in [5, 5.41) is 3.75. The van der Waals surface area contributed by atoms with Crippen molar-refractivity contribution >= 4 is 17.8 Å². The fraction of sp³-hybridized carbons (Fsp3) is 0.536. The number of unbranched alkanes of at least 4 members (excludes halogenated alkanes) is 3. The van der Waals surface area contributed by atoms with E-state index < -0.39 is 0 Å². The molecule has 1 rings (SSSR count). The van der Waals surface area contributed by atoms with Gasteiger partial charge in [-0.15, -0.1) is 6.58 Å². The quantitative estimate of drug-likeness (QED) is 0.112. The largest absolute Gasteiger partial charge is 0.403 e. The minimum absolute atomic E-state index is 0.143. The average molecular weight is 491 g/mol. The van der Waals surface area contributed by atoms with E-state index in [9.17, 15) is 4.39 Å². The Morgan fingerprint density at radius 3 is 2.65 bits per heavy atom. The molecule has 0 aliphatic heterocycles. The molecule has 0 aromatic heterocycles. The summed E-state index contributed by atoms with van der Waals surface area (Å²) in [5.41, 5.74) is 13.7. The van der Waals surface area contributed by atoms with Crippen LogP contribution in [-0.2, 0) is 12.8 Å². The van der Waals surface area contributed by atoms with Crippen LogP contribution in [0, 0.1) is 11.7 Å². The summed E-state index contributed by atoms with van der Waals surface area (Å²) < 4.78 is 14.6. The van der Waals surface area contributed by atoms with Gasteiger partial charge in [-0.2, -0.15) is 0 Å². The van der Waals surface area contributed by atoms with Gasteiger partial charge in [-0.3, -0.25) is 4.99 Å². The lowest BCUT2D eigenvalue weighted by atomic mass is 9.92. The molecule has 0 aliphatic carbocycles. The first-order chi connectivity index (χ1) is 16.5. The fourth-order valence-corrected chi connectivity index (χ4v) is 3.98. The normalized spacial score (nSPS) is 12.7. The lowest BCUT2D eigenvalue weighted by molar-refractivity contribution is 0.400. The molecule has 0 spiro atoms. The Labute approximate surface area is 211 Å². The number of nitrogens with two attached hydrogens (primary N) is 2. The van der Waals surface area contributed by atoms with Gasteiger partial charge >= 0.3 is 0 Å².